The topological polar surface area (TPSA) is 66.6 Å². The van der Waals surface area contributed by atoms with E-state index in [9.17, 15) is 9.59 Å². The van der Waals surface area contributed by atoms with Crippen molar-refractivity contribution in [2.24, 2.45) is 5.73 Å². The molecule has 23 heavy (non-hydrogen) atoms. The second-order valence-electron chi connectivity index (χ2n) is 6.80. The highest BCUT2D eigenvalue weighted by Crippen LogP contribution is 2.31. The van der Waals surface area contributed by atoms with E-state index in [1.54, 1.807) is 9.80 Å². The minimum absolute atomic E-state index is 0.00595. The summed E-state index contributed by atoms with van der Waals surface area (Å²) in [6.45, 7) is 3.78. The monoisotopic (exact) mass is 315 g/mol. The summed E-state index contributed by atoms with van der Waals surface area (Å²) in [6, 6.07) is 10.3. The fraction of sp³-hybridized carbons (Fsp3) is 0.556. The molecule has 2 heterocycles. The van der Waals surface area contributed by atoms with Crippen molar-refractivity contribution < 1.29 is 9.59 Å². The van der Waals surface area contributed by atoms with Crippen LogP contribution in [-0.4, -0.2) is 53.3 Å². The van der Waals surface area contributed by atoms with E-state index >= 15 is 0 Å². The number of piperidine rings is 1. The number of hydrogen-bond acceptors (Lipinski definition) is 3. The summed E-state index contributed by atoms with van der Waals surface area (Å²) in [5.74, 6) is -0.447. The molecular weight excluding hydrogens is 290 g/mol. The minimum atomic E-state index is -0.388. The summed E-state index contributed by atoms with van der Waals surface area (Å²) in [5, 5.41) is 0. The molecule has 2 amide bonds. The first-order valence-electron chi connectivity index (χ1n) is 8.46. The van der Waals surface area contributed by atoms with Gasteiger partial charge in [0.25, 0.3) is 0 Å². The lowest BCUT2D eigenvalue weighted by Gasteiger charge is -2.32. The predicted octanol–water partition coefficient (Wildman–Crippen LogP) is 1.34. The summed E-state index contributed by atoms with van der Waals surface area (Å²) >= 11 is 0. The third-order valence-corrected chi connectivity index (χ3v) is 5.03. The van der Waals surface area contributed by atoms with Gasteiger partial charge in [-0.05, 0) is 31.7 Å². The van der Waals surface area contributed by atoms with Crippen LogP contribution in [0.3, 0.4) is 0 Å². The van der Waals surface area contributed by atoms with E-state index in [0.717, 1.165) is 19.3 Å². The highest BCUT2D eigenvalue weighted by Gasteiger charge is 2.38. The summed E-state index contributed by atoms with van der Waals surface area (Å²) in [5.41, 5.74) is 7.16. The normalized spacial score (nSPS) is 28.0. The first-order valence-corrected chi connectivity index (χ1v) is 8.46. The molecule has 2 fully saturated rings. The number of amides is 2. The van der Waals surface area contributed by atoms with E-state index in [0.29, 0.717) is 25.6 Å². The van der Waals surface area contributed by atoms with Crippen LogP contribution in [0.1, 0.15) is 37.7 Å². The molecule has 5 nitrogen and oxygen atoms in total. The zero-order valence-electron chi connectivity index (χ0n) is 13.6. The number of nitrogens with two attached hydrogens (primary N) is 1. The number of benzene rings is 1. The molecule has 2 unspecified atom stereocenters. The molecule has 5 heteroatoms. The van der Waals surface area contributed by atoms with Crippen molar-refractivity contribution in [3.8, 4) is 0 Å². The van der Waals surface area contributed by atoms with Crippen LogP contribution >= 0.6 is 0 Å². The van der Waals surface area contributed by atoms with E-state index in [-0.39, 0.29) is 23.9 Å². The molecule has 0 bridgehead atoms. The number of likely N-dealkylation sites (tertiary alicyclic amines) is 2. The molecular formula is C18H25N3O2. The Morgan fingerprint density at radius 3 is 2.57 bits per heavy atom. The van der Waals surface area contributed by atoms with Gasteiger partial charge >= 0.3 is 11.8 Å². The SMILES string of the molecule is CC1CC(c2ccccc2)CN1C(=O)C(=O)N1CCC[C@H](N)C1. The van der Waals surface area contributed by atoms with Gasteiger partial charge in [0.1, 0.15) is 0 Å². The second kappa shape index (κ2) is 6.71. The van der Waals surface area contributed by atoms with E-state index in [4.69, 9.17) is 5.73 Å². The van der Waals surface area contributed by atoms with E-state index < -0.39 is 0 Å². The largest absolute Gasteiger partial charge is 0.333 e. The van der Waals surface area contributed by atoms with Crippen molar-refractivity contribution in [2.75, 3.05) is 19.6 Å². The summed E-state index contributed by atoms with van der Waals surface area (Å²) in [7, 11) is 0. The number of hydrogen-bond donors (Lipinski definition) is 1. The fourth-order valence-electron chi connectivity index (χ4n) is 3.73. The highest BCUT2D eigenvalue weighted by molar-refractivity contribution is 6.35. The molecule has 2 saturated heterocycles. The van der Waals surface area contributed by atoms with Gasteiger partial charge in [-0.15, -0.1) is 0 Å². The Hall–Kier alpha value is -1.88. The predicted molar refractivity (Wildman–Crippen MR) is 88.8 cm³/mol. The Bertz CT molecular complexity index is 575. The molecule has 3 atom stereocenters. The zero-order chi connectivity index (χ0) is 16.4. The third kappa shape index (κ3) is 3.39. The van der Waals surface area contributed by atoms with Gasteiger partial charge in [0, 0.05) is 37.6 Å². The number of carbonyl (C=O) groups is 2. The lowest BCUT2D eigenvalue weighted by atomic mass is 9.97. The lowest BCUT2D eigenvalue weighted by Crippen LogP contribution is -2.52. The summed E-state index contributed by atoms with van der Waals surface area (Å²) in [6.07, 6.45) is 2.71. The Kier molecular flexibility index (Phi) is 4.66. The Labute approximate surface area is 137 Å². The average Bonchev–Trinajstić information content (AvgIpc) is 2.96. The molecule has 0 radical (unpaired) electrons. The van der Waals surface area contributed by atoms with Crippen LogP contribution < -0.4 is 5.73 Å². The fourth-order valence-corrected chi connectivity index (χ4v) is 3.73. The van der Waals surface area contributed by atoms with Crippen LogP contribution in [0.15, 0.2) is 30.3 Å². The third-order valence-electron chi connectivity index (χ3n) is 5.03. The Balaban J connectivity index is 1.66. The molecule has 1 aromatic rings. The minimum Gasteiger partial charge on any atom is -0.333 e. The molecule has 1 aromatic carbocycles. The number of nitrogens with zero attached hydrogens (tertiary/aromatic N) is 2. The van der Waals surface area contributed by atoms with Gasteiger partial charge < -0.3 is 15.5 Å². The van der Waals surface area contributed by atoms with Crippen LogP contribution in [0, 0.1) is 0 Å². The van der Waals surface area contributed by atoms with Crippen molar-refractivity contribution in [2.45, 2.75) is 44.2 Å². The van der Waals surface area contributed by atoms with Gasteiger partial charge in [0.15, 0.2) is 0 Å². The highest BCUT2D eigenvalue weighted by atomic mass is 16.2. The van der Waals surface area contributed by atoms with Gasteiger partial charge in [0.05, 0.1) is 0 Å². The van der Waals surface area contributed by atoms with Crippen LogP contribution in [0.25, 0.3) is 0 Å². The van der Waals surface area contributed by atoms with Crippen molar-refractivity contribution in [1.29, 1.82) is 0 Å². The molecule has 0 saturated carbocycles. The molecule has 0 spiro atoms. The molecule has 2 N–H and O–H groups in total. The molecule has 3 rings (SSSR count). The smallest absolute Gasteiger partial charge is 0.312 e. The standard InChI is InChI=1S/C18H25N3O2/c1-13-10-15(14-6-3-2-4-7-14)11-21(13)18(23)17(22)20-9-5-8-16(19)12-20/h2-4,6-7,13,15-16H,5,8-12,19H2,1H3/t13?,15?,16-/m0/s1. The quantitative estimate of drug-likeness (QED) is 0.795. The van der Waals surface area contributed by atoms with Gasteiger partial charge in [-0.25, -0.2) is 0 Å². The van der Waals surface area contributed by atoms with Gasteiger partial charge in [-0.1, -0.05) is 30.3 Å². The van der Waals surface area contributed by atoms with Crippen LogP contribution in [0.5, 0.6) is 0 Å². The first kappa shape index (κ1) is 16.0. The molecule has 124 valence electrons. The first-order chi connectivity index (χ1) is 11.1. The van der Waals surface area contributed by atoms with Crippen LogP contribution in [-0.2, 0) is 9.59 Å². The van der Waals surface area contributed by atoms with Crippen molar-refractivity contribution >= 4 is 11.8 Å². The maximum Gasteiger partial charge on any atom is 0.312 e. The molecule has 0 aliphatic carbocycles. The van der Waals surface area contributed by atoms with Crippen molar-refractivity contribution in [3.05, 3.63) is 35.9 Å². The van der Waals surface area contributed by atoms with E-state index in [1.807, 2.05) is 25.1 Å². The number of carbonyl (C=O) groups excluding carboxylic acids is 2. The summed E-state index contributed by atoms with van der Waals surface area (Å²) < 4.78 is 0. The Morgan fingerprint density at radius 2 is 1.87 bits per heavy atom. The lowest BCUT2D eigenvalue weighted by molar-refractivity contribution is -0.152. The zero-order valence-corrected chi connectivity index (χ0v) is 13.6. The maximum atomic E-state index is 12.6. The Morgan fingerprint density at radius 1 is 1.13 bits per heavy atom. The van der Waals surface area contributed by atoms with Gasteiger partial charge in [-0.3, -0.25) is 9.59 Å². The molecule has 2 aliphatic heterocycles. The van der Waals surface area contributed by atoms with Crippen molar-refractivity contribution in [3.63, 3.8) is 0 Å². The van der Waals surface area contributed by atoms with E-state index in [1.165, 1.54) is 5.56 Å². The van der Waals surface area contributed by atoms with Crippen molar-refractivity contribution in [1.82, 2.24) is 9.80 Å². The van der Waals surface area contributed by atoms with Gasteiger partial charge in [0.2, 0.25) is 0 Å². The molecule has 2 aliphatic rings. The number of rotatable bonds is 1. The summed E-state index contributed by atoms with van der Waals surface area (Å²) in [4.78, 5) is 28.5. The van der Waals surface area contributed by atoms with E-state index in [2.05, 4.69) is 12.1 Å². The van der Waals surface area contributed by atoms with Gasteiger partial charge in [-0.2, -0.15) is 0 Å². The van der Waals surface area contributed by atoms with Crippen LogP contribution in [0.2, 0.25) is 0 Å². The average molecular weight is 315 g/mol. The van der Waals surface area contributed by atoms with Crippen LogP contribution in [0.4, 0.5) is 0 Å². The maximum absolute atomic E-state index is 12.6. The molecule has 0 aromatic heterocycles. The second-order valence-corrected chi connectivity index (χ2v) is 6.80.